The summed E-state index contributed by atoms with van der Waals surface area (Å²) in [5.41, 5.74) is 0.968. The highest BCUT2D eigenvalue weighted by atomic mass is 127. The number of rotatable bonds is 11. The first-order valence-corrected chi connectivity index (χ1v) is 16.1. The van der Waals surface area contributed by atoms with Crippen LogP contribution in [0, 0.1) is 0 Å². The van der Waals surface area contributed by atoms with Crippen molar-refractivity contribution in [2.75, 3.05) is 34.0 Å². The summed E-state index contributed by atoms with van der Waals surface area (Å²) in [5.74, 6) is -0.661. The Balaban J connectivity index is 1.85. The predicted octanol–water partition coefficient (Wildman–Crippen LogP) is 7.78. The first-order chi connectivity index (χ1) is 17.6. The average molecular weight is 615 g/mol. The second-order valence-corrected chi connectivity index (χ2v) is 14.8. The maximum absolute atomic E-state index is 12.9. The van der Waals surface area contributed by atoms with Gasteiger partial charge in [-0.15, -0.1) is 7.20 Å². The van der Waals surface area contributed by atoms with Gasteiger partial charge in [0, 0.05) is 28.4 Å². The van der Waals surface area contributed by atoms with Gasteiger partial charge in [-0.25, -0.2) is 0 Å². The number of benzene rings is 4. The van der Waals surface area contributed by atoms with Gasteiger partial charge < -0.3 is 14.2 Å². The number of carbonyl (C=O) groups excluding carboxylic acids is 1. The van der Waals surface area contributed by atoms with Crippen LogP contribution in [0.5, 0.6) is 0 Å². The van der Waals surface area contributed by atoms with Crippen molar-refractivity contribution >= 4 is 45.1 Å². The van der Waals surface area contributed by atoms with E-state index < -0.39 is 13.1 Å². The molecule has 0 N–H and O–H groups in total. The van der Waals surface area contributed by atoms with Gasteiger partial charge in [0.05, 0.1) is 26.2 Å². The number of esters is 1. The minimum Gasteiger partial charge on any atom is -0.469 e. The number of halogens is 1. The van der Waals surface area contributed by atoms with E-state index in [1.165, 1.54) is 21.8 Å². The predicted molar refractivity (Wildman–Crippen MR) is 155 cm³/mol. The number of carbonyl (C=O) groups is 1. The summed E-state index contributed by atoms with van der Waals surface area (Å²) >= 11 is 2.67. The van der Waals surface area contributed by atoms with Crippen LogP contribution in [0.1, 0.15) is 17.9 Å². The third-order valence-corrected chi connectivity index (χ3v) is 13.5. The van der Waals surface area contributed by atoms with E-state index >= 15 is 0 Å². The van der Waals surface area contributed by atoms with Gasteiger partial charge in [0.25, 0.3) is 0 Å². The Morgan fingerprint density at radius 2 is 1.33 bits per heavy atom. The average Bonchev–Trinajstić information content (AvgIpc) is 2.95. The number of hydrogen-bond acceptors (Lipinski definition) is 4. The van der Waals surface area contributed by atoms with E-state index in [0.29, 0.717) is 26.2 Å². The van der Waals surface area contributed by atoms with Gasteiger partial charge in [0.1, 0.15) is 0 Å². The number of hydrogen-bond donors (Lipinski definition) is 0. The summed E-state index contributed by atoms with van der Waals surface area (Å²) in [6, 6.07) is 34.1. The molecule has 4 aromatic carbocycles. The number of fused-ring (bicyclic) bond motifs is 1. The fourth-order valence-electron chi connectivity index (χ4n) is 4.44. The van der Waals surface area contributed by atoms with E-state index in [1.807, 2.05) is 6.07 Å². The molecule has 0 saturated carbocycles. The molecule has 0 radical (unpaired) electrons. The van der Waals surface area contributed by atoms with E-state index in [-0.39, 0.29) is 5.97 Å². The quantitative estimate of drug-likeness (QED) is 0.0984. The molecule has 188 valence electrons. The van der Waals surface area contributed by atoms with Crippen LogP contribution in [0.4, 0.5) is 0 Å². The Morgan fingerprint density at radius 3 is 1.92 bits per heavy atom. The number of methoxy groups -OCH3 is 2. The maximum Gasteiger partial charge on any atom is 0.313 e. The normalized spacial score (nSPS) is 12.9. The fraction of sp³-hybridized carbons (Fsp3) is 0.233. The molecule has 0 fully saturated rings. The third-order valence-electron chi connectivity index (χ3n) is 6.20. The van der Waals surface area contributed by atoms with Gasteiger partial charge in [-0.3, -0.25) is 4.79 Å². The zero-order valence-corrected chi connectivity index (χ0v) is 23.5. The lowest BCUT2D eigenvalue weighted by Gasteiger charge is -2.36. The maximum atomic E-state index is 12.9. The van der Waals surface area contributed by atoms with Gasteiger partial charge in [-0.1, -0.05) is 66.7 Å². The van der Waals surface area contributed by atoms with Crippen LogP contribution in [0.3, 0.4) is 0 Å². The minimum atomic E-state index is -1.58. The Hall–Kier alpha value is -2.39. The van der Waals surface area contributed by atoms with Crippen molar-refractivity contribution in [3.8, 4) is 0 Å². The largest absolute Gasteiger partial charge is 0.469 e. The number of ether oxygens (including phenoxy) is 3. The molecule has 0 saturated heterocycles. The summed E-state index contributed by atoms with van der Waals surface area (Å²) in [6.45, 7) is 1.48. The van der Waals surface area contributed by atoms with Crippen molar-refractivity contribution in [3.63, 3.8) is 0 Å². The minimum absolute atomic E-state index is 0.248. The molecule has 1 atom stereocenters. The van der Waals surface area contributed by atoms with E-state index in [9.17, 15) is 4.79 Å². The van der Waals surface area contributed by atoms with Crippen molar-refractivity contribution in [2.24, 2.45) is 0 Å². The highest BCUT2D eigenvalue weighted by Gasteiger charge is 2.31. The molecule has 0 bridgehead atoms. The molecular weight excluding hydrogens is 583 g/mol. The molecule has 36 heavy (non-hydrogen) atoms. The summed E-state index contributed by atoms with van der Waals surface area (Å²) < 4.78 is 16.0. The molecule has 0 aromatic heterocycles. The van der Waals surface area contributed by atoms with Gasteiger partial charge >= 0.3 is 5.97 Å². The molecule has 0 spiro atoms. The molecule has 0 aliphatic carbocycles. The smallest absolute Gasteiger partial charge is 0.313 e. The topological polar surface area (TPSA) is 44.8 Å². The van der Waals surface area contributed by atoms with Crippen LogP contribution in [0.15, 0.2) is 112 Å². The molecule has 0 heterocycles. The highest BCUT2D eigenvalue weighted by molar-refractivity contribution is 14.2. The summed E-state index contributed by atoms with van der Waals surface area (Å²) in [5, 5.41) is 2.23. The Bertz CT molecular complexity index is 1240. The van der Waals surface area contributed by atoms with E-state index in [0.717, 1.165) is 16.3 Å². The lowest BCUT2D eigenvalue weighted by atomic mass is 9.91. The van der Waals surface area contributed by atoms with Crippen LogP contribution in [-0.2, 0) is 19.0 Å². The van der Waals surface area contributed by atoms with Crippen molar-refractivity contribution < 1.29 is 19.0 Å². The van der Waals surface area contributed by atoms with Gasteiger partial charge in [-0.05, 0) is 74.3 Å². The molecular formula is C30H31IO4S. The molecule has 1 unspecified atom stereocenters. The van der Waals surface area contributed by atoms with Crippen LogP contribution in [-0.4, -0.2) is 40.0 Å². The molecule has 0 aliphatic rings. The van der Waals surface area contributed by atoms with Gasteiger partial charge in [-0.2, -0.15) is 0 Å². The first kappa shape index (κ1) is 26.7. The molecule has 4 aromatic rings. The van der Waals surface area contributed by atoms with Crippen LogP contribution < -0.4 is 0 Å². The zero-order valence-electron chi connectivity index (χ0n) is 20.6. The molecule has 4 rings (SSSR count). The summed E-state index contributed by atoms with van der Waals surface area (Å²) in [7, 11) is 1.51. The SMILES string of the molecule is COCCOCCC(C(=O)OC)c1ccc(S(I)(c2ccccc2)c2ccccc2)c2ccccc12. The van der Waals surface area contributed by atoms with Crippen molar-refractivity contribution in [3.05, 3.63) is 103 Å². The monoisotopic (exact) mass is 614 g/mol. The second kappa shape index (κ2) is 12.7. The Morgan fingerprint density at radius 1 is 0.750 bits per heavy atom. The standard InChI is InChI=1S/C30H31IO4S/c1-33-21-22-35-20-19-28(30(32)34-2)26-17-18-29(27-16-10-9-15-25(26)27)36(31,23-11-5-3-6-12-23)24-13-7-4-8-14-24/h3-18,28H,19-22H2,1-2H3. The Kier molecular flexibility index (Phi) is 9.42. The third kappa shape index (κ3) is 5.62. The van der Waals surface area contributed by atoms with E-state index in [1.54, 1.807) is 7.11 Å². The lowest BCUT2D eigenvalue weighted by molar-refractivity contribution is -0.143. The first-order valence-electron chi connectivity index (χ1n) is 11.9. The Labute approximate surface area is 226 Å². The zero-order chi connectivity index (χ0) is 25.4. The summed E-state index contributed by atoms with van der Waals surface area (Å²) in [4.78, 5) is 16.7. The van der Waals surface area contributed by atoms with E-state index in [4.69, 9.17) is 14.2 Å². The van der Waals surface area contributed by atoms with Crippen LogP contribution in [0.25, 0.3) is 10.8 Å². The van der Waals surface area contributed by atoms with Crippen LogP contribution >= 0.6 is 28.4 Å². The van der Waals surface area contributed by atoms with Crippen molar-refractivity contribution in [2.45, 2.75) is 27.0 Å². The van der Waals surface area contributed by atoms with Gasteiger partial charge in [0.2, 0.25) is 0 Å². The lowest BCUT2D eigenvalue weighted by Crippen LogP contribution is -2.17. The molecule has 6 heteroatoms. The highest BCUT2D eigenvalue weighted by Crippen LogP contribution is 2.75. The molecule has 0 aliphatic heterocycles. The molecule has 4 nitrogen and oxygen atoms in total. The summed E-state index contributed by atoms with van der Waals surface area (Å²) in [6.07, 6.45) is 0.541. The van der Waals surface area contributed by atoms with E-state index in [2.05, 4.69) is 112 Å². The fourth-order valence-corrected chi connectivity index (χ4v) is 9.93. The van der Waals surface area contributed by atoms with Gasteiger partial charge in [0.15, 0.2) is 0 Å². The molecule has 0 amide bonds. The van der Waals surface area contributed by atoms with Crippen LogP contribution in [0.2, 0.25) is 0 Å². The van der Waals surface area contributed by atoms with Crippen molar-refractivity contribution in [1.82, 2.24) is 0 Å². The second-order valence-electron chi connectivity index (χ2n) is 8.33. The van der Waals surface area contributed by atoms with Crippen molar-refractivity contribution in [1.29, 1.82) is 0 Å².